The van der Waals surface area contributed by atoms with Crippen molar-refractivity contribution >= 4 is 22.7 Å². The molecule has 27 heavy (non-hydrogen) atoms. The van der Waals surface area contributed by atoms with Crippen LogP contribution in [0.4, 0.5) is 4.79 Å². The third-order valence-electron chi connectivity index (χ3n) is 5.24. The molecule has 1 aromatic heterocycles. The predicted octanol–water partition coefficient (Wildman–Crippen LogP) is 3.92. The number of amides is 1. The number of fused-ring (bicyclic) bond motifs is 3. The van der Waals surface area contributed by atoms with E-state index in [1.165, 1.54) is 33.4 Å². The van der Waals surface area contributed by atoms with Gasteiger partial charge in [0.1, 0.15) is 0 Å². The molecule has 4 rings (SSSR count). The molecular formula is C22H23N3O2. The van der Waals surface area contributed by atoms with Gasteiger partial charge >= 0.3 is 6.09 Å². The van der Waals surface area contributed by atoms with E-state index in [2.05, 4.69) is 53.3 Å². The molecule has 3 aromatic rings. The highest BCUT2D eigenvalue weighted by atomic mass is 16.4. The van der Waals surface area contributed by atoms with Gasteiger partial charge in [-0.15, -0.1) is 0 Å². The van der Waals surface area contributed by atoms with E-state index in [4.69, 9.17) is 10.1 Å². The number of carboxylic acid groups (broad SMARTS) is 1. The maximum atomic E-state index is 10.7. The minimum atomic E-state index is -0.999. The molecule has 0 fully saturated rings. The van der Waals surface area contributed by atoms with Crippen molar-refractivity contribution in [3.63, 3.8) is 0 Å². The maximum absolute atomic E-state index is 10.7. The van der Waals surface area contributed by atoms with Crippen LogP contribution < -0.4 is 5.32 Å². The van der Waals surface area contributed by atoms with E-state index in [1.54, 1.807) is 0 Å². The topological polar surface area (TPSA) is 66.6 Å². The summed E-state index contributed by atoms with van der Waals surface area (Å²) in [6, 6.07) is 16.6. The molecule has 0 aliphatic heterocycles. The van der Waals surface area contributed by atoms with E-state index >= 15 is 0 Å². The van der Waals surface area contributed by atoms with E-state index in [-0.39, 0.29) is 0 Å². The summed E-state index contributed by atoms with van der Waals surface area (Å²) >= 11 is 0. The standard InChI is InChI=1S/C22H23N3O2/c1-25-20-10-7-16(14-24-22(26)27)13-18(20)17-8-9-19(21(17)25)23-12-11-15-5-3-2-4-6-15/h2-7,10,13,24H,8-9,11-12,14H2,1H3,(H,26,27). The van der Waals surface area contributed by atoms with Gasteiger partial charge in [0.2, 0.25) is 0 Å². The first-order valence-corrected chi connectivity index (χ1v) is 9.28. The van der Waals surface area contributed by atoms with Gasteiger partial charge in [0, 0.05) is 31.0 Å². The summed E-state index contributed by atoms with van der Waals surface area (Å²) in [6.45, 7) is 1.13. The number of carbonyl (C=O) groups is 1. The normalized spacial score (nSPS) is 14.6. The van der Waals surface area contributed by atoms with Crippen LogP contribution in [0.25, 0.3) is 10.9 Å². The minimum Gasteiger partial charge on any atom is -0.465 e. The van der Waals surface area contributed by atoms with Crippen LogP contribution >= 0.6 is 0 Å². The van der Waals surface area contributed by atoms with Crippen LogP contribution in [-0.4, -0.2) is 28.0 Å². The van der Waals surface area contributed by atoms with E-state index in [9.17, 15) is 4.79 Å². The third kappa shape index (κ3) is 3.45. The number of nitrogens with one attached hydrogen (secondary N) is 1. The Morgan fingerprint density at radius 3 is 2.74 bits per heavy atom. The molecule has 1 amide bonds. The number of aromatic nitrogens is 1. The van der Waals surface area contributed by atoms with Gasteiger partial charge < -0.3 is 15.0 Å². The largest absolute Gasteiger partial charge is 0.465 e. The number of aryl methyl sites for hydroxylation is 2. The molecule has 0 radical (unpaired) electrons. The molecule has 1 aliphatic carbocycles. The number of rotatable bonds is 5. The summed E-state index contributed by atoms with van der Waals surface area (Å²) in [4.78, 5) is 15.6. The lowest BCUT2D eigenvalue weighted by molar-refractivity contribution is 0.194. The number of hydrogen-bond acceptors (Lipinski definition) is 2. The lowest BCUT2D eigenvalue weighted by Gasteiger charge is -2.06. The van der Waals surface area contributed by atoms with Gasteiger partial charge in [0.15, 0.2) is 0 Å². The second-order valence-corrected chi connectivity index (χ2v) is 6.96. The van der Waals surface area contributed by atoms with Gasteiger partial charge in [-0.1, -0.05) is 36.4 Å². The molecule has 5 heteroatoms. The van der Waals surface area contributed by atoms with Gasteiger partial charge in [-0.3, -0.25) is 4.99 Å². The molecule has 0 atom stereocenters. The Kier molecular flexibility index (Phi) is 4.67. The molecule has 0 saturated carbocycles. The Balaban J connectivity index is 1.59. The second kappa shape index (κ2) is 7.27. The maximum Gasteiger partial charge on any atom is 0.404 e. The smallest absolute Gasteiger partial charge is 0.404 e. The fraction of sp³-hybridized carbons (Fsp3) is 0.273. The molecular weight excluding hydrogens is 338 g/mol. The predicted molar refractivity (Wildman–Crippen MR) is 108 cm³/mol. The van der Waals surface area contributed by atoms with Crippen molar-refractivity contribution in [1.82, 2.24) is 9.88 Å². The van der Waals surface area contributed by atoms with Crippen LogP contribution in [-0.2, 0) is 26.4 Å². The molecule has 1 aliphatic rings. The van der Waals surface area contributed by atoms with Gasteiger partial charge in [-0.25, -0.2) is 4.79 Å². The first-order valence-electron chi connectivity index (χ1n) is 9.28. The van der Waals surface area contributed by atoms with Crippen LogP contribution in [0.2, 0.25) is 0 Å². The summed E-state index contributed by atoms with van der Waals surface area (Å²) < 4.78 is 2.23. The SMILES string of the molecule is Cn1c2c(c3cc(CNC(=O)O)ccc31)CCC2=NCCc1ccccc1. The number of nitrogens with zero attached hydrogens (tertiary/aromatic N) is 2. The van der Waals surface area contributed by atoms with Crippen LogP contribution in [0.5, 0.6) is 0 Å². The summed E-state index contributed by atoms with van der Waals surface area (Å²) in [6.07, 6.45) is 1.92. The zero-order valence-electron chi connectivity index (χ0n) is 15.4. The highest BCUT2D eigenvalue weighted by Gasteiger charge is 2.25. The minimum absolute atomic E-state index is 0.326. The summed E-state index contributed by atoms with van der Waals surface area (Å²) in [5, 5.41) is 12.5. The molecule has 1 heterocycles. The number of benzene rings is 2. The Morgan fingerprint density at radius 2 is 1.96 bits per heavy atom. The van der Waals surface area contributed by atoms with Gasteiger partial charge in [-0.2, -0.15) is 0 Å². The molecule has 0 bridgehead atoms. The van der Waals surface area contributed by atoms with E-state index in [0.29, 0.717) is 6.54 Å². The van der Waals surface area contributed by atoms with Crippen molar-refractivity contribution in [1.29, 1.82) is 0 Å². The summed E-state index contributed by atoms with van der Waals surface area (Å²) in [5.41, 5.74) is 7.23. The Morgan fingerprint density at radius 1 is 1.15 bits per heavy atom. The molecule has 0 spiro atoms. The van der Waals surface area contributed by atoms with Crippen LogP contribution in [0, 0.1) is 0 Å². The lowest BCUT2D eigenvalue weighted by atomic mass is 10.1. The second-order valence-electron chi connectivity index (χ2n) is 6.96. The third-order valence-corrected chi connectivity index (χ3v) is 5.24. The van der Waals surface area contributed by atoms with Crippen LogP contribution in [0.3, 0.4) is 0 Å². The molecule has 5 nitrogen and oxygen atoms in total. The summed E-state index contributed by atoms with van der Waals surface area (Å²) in [7, 11) is 2.09. The zero-order valence-corrected chi connectivity index (χ0v) is 15.4. The van der Waals surface area contributed by atoms with Crippen LogP contribution in [0.1, 0.15) is 28.8 Å². The van der Waals surface area contributed by atoms with Crippen molar-refractivity contribution in [2.45, 2.75) is 25.8 Å². The molecule has 2 N–H and O–H groups in total. The van der Waals surface area contributed by atoms with Crippen molar-refractivity contribution in [3.8, 4) is 0 Å². The fourth-order valence-electron chi connectivity index (χ4n) is 3.96. The number of aliphatic imine (C=N–C) groups is 1. The number of hydrogen-bond donors (Lipinski definition) is 2. The Hall–Kier alpha value is -3.08. The monoisotopic (exact) mass is 361 g/mol. The average Bonchev–Trinajstić information content (AvgIpc) is 3.21. The van der Waals surface area contributed by atoms with E-state index in [1.807, 2.05) is 12.1 Å². The zero-order chi connectivity index (χ0) is 18.8. The van der Waals surface area contributed by atoms with E-state index in [0.717, 1.165) is 31.4 Å². The van der Waals surface area contributed by atoms with Crippen molar-refractivity contribution in [2.75, 3.05) is 6.54 Å². The van der Waals surface area contributed by atoms with Crippen LogP contribution in [0.15, 0.2) is 53.5 Å². The van der Waals surface area contributed by atoms with E-state index < -0.39 is 6.09 Å². The molecule has 0 unspecified atom stereocenters. The molecule has 0 saturated heterocycles. The first-order chi connectivity index (χ1) is 13.1. The fourth-order valence-corrected chi connectivity index (χ4v) is 3.96. The van der Waals surface area contributed by atoms with Crippen molar-refractivity contribution < 1.29 is 9.90 Å². The van der Waals surface area contributed by atoms with Gasteiger partial charge in [0.25, 0.3) is 0 Å². The Labute approximate surface area is 158 Å². The molecule has 138 valence electrons. The first kappa shape index (κ1) is 17.3. The molecule has 2 aromatic carbocycles. The Bertz CT molecular complexity index is 1020. The lowest BCUT2D eigenvalue weighted by Crippen LogP contribution is -2.19. The van der Waals surface area contributed by atoms with Crippen molar-refractivity contribution in [3.05, 3.63) is 70.9 Å². The van der Waals surface area contributed by atoms with Gasteiger partial charge in [-0.05, 0) is 48.1 Å². The van der Waals surface area contributed by atoms with Crippen molar-refractivity contribution in [2.24, 2.45) is 12.0 Å². The summed E-state index contributed by atoms with van der Waals surface area (Å²) in [5.74, 6) is 0. The highest BCUT2D eigenvalue weighted by molar-refractivity contribution is 6.09. The average molecular weight is 361 g/mol. The quantitative estimate of drug-likeness (QED) is 0.723. The van der Waals surface area contributed by atoms with Gasteiger partial charge in [0.05, 0.1) is 11.4 Å². The highest BCUT2D eigenvalue weighted by Crippen LogP contribution is 2.33.